The van der Waals surface area contributed by atoms with Gasteiger partial charge in [0.2, 0.25) is 11.7 Å². The van der Waals surface area contributed by atoms with Gasteiger partial charge in [-0.2, -0.15) is 4.98 Å². The maximum Gasteiger partial charge on any atom is 0.328 e. The SMILES string of the molecule is CC(c1nc(-c2cccc(F)c2)no1)N1C(=O)C2COCCN2C1=O. The molecule has 1 aromatic heterocycles. The highest BCUT2D eigenvalue weighted by molar-refractivity contribution is 6.04. The van der Waals surface area contributed by atoms with Crippen LogP contribution in [0.15, 0.2) is 28.8 Å². The van der Waals surface area contributed by atoms with Crippen LogP contribution in [0.5, 0.6) is 0 Å². The molecule has 2 unspecified atom stereocenters. The van der Waals surface area contributed by atoms with Crippen molar-refractivity contribution in [1.29, 1.82) is 0 Å². The van der Waals surface area contributed by atoms with Crippen molar-refractivity contribution in [2.75, 3.05) is 19.8 Å². The molecule has 0 saturated carbocycles. The summed E-state index contributed by atoms with van der Waals surface area (Å²) >= 11 is 0. The first kappa shape index (κ1) is 15.7. The molecule has 4 rings (SSSR count). The molecule has 9 heteroatoms. The number of halogens is 1. The predicted molar refractivity (Wildman–Crippen MR) is 81.7 cm³/mol. The molecule has 2 fully saturated rings. The Labute approximate surface area is 142 Å². The van der Waals surface area contributed by atoms with Crippen molar-refractivity contribution in [2.45, 2.75) is 19.0 Å². The third-order valence-corrected chi connectivity index (χ3v) is 4.37. The van der Waals surface area contributed by atoms with Crippen LogP contribution in [-0.2, 0) is 9.53 Å². The van der Waals surface area contributed by atoms with Gasteiger partial charge in [-0.25, -0.2) is 14.1 Å². The number of morpholine rings is 1. The van der Waals surface area contributed by atoms with Gasteiger partial charge >= 0.3 is 6.03 Å². The molecule has 25 heavy (non-hydrogen) atoms. The number of benzene rings is 1. The molecule has 2 aliphatic heterocycles. The highest BCUT2D eigenvalue weighted by Gasteiger charge is 2.49. The van der Waals surface area contributed by atoms with Crippen molar-refractivity contribution in [3.63, 3.8) is 0 Å². The number of fused-ring (bicyclic) bond motifs is 1. The topological polar surface area (TPSA) is 88.8 Å². The van der Waals surface area contributed by atoms with Gasteiger partial charge in [0, 0.05) is 12.1 Å². The maximum absolute atomic E-state index is 13.3. The molecule has 1 aromatic carbocycles. The van der Waals surface area contributed by atoms with E-state index < -0.39 is 23.9 Å². The van der Waals surface area contributed by atoms with Gasteiger partial charge in [-0.15, -0.1) is 0 Å². The molecule has 0 aliphatic carbocycles. The number of imide groups is 1. The number of hydrogen-bond donors (Lipinski definition) is 0. The summed E-state index contributed by atoms with van der Waals surface area (Å²) in [6.07, 6.45) is 0. The lowest BCUT2D eigenvalue weighted by atomic mass is 10.2. The van der Waals surface area contributed by atoms with E-state index in [1.807, 2.05) is 0 Å². The number of carbonyl (C=O) groups excluding carboxylic acids is 2. The summed E-state index contributed by atoms with van der Waals surface area (Å²) < 4.78 is 23.8. The number of urea groups is 1. The fraction of sp³-hybridized carbons (Fsp3) is 0.375. The molecule has 2 atom stereocenters. The molecule has 3 amide bonds. The zero-order valence-electron chi connectivity index (χ0n) is 13.4. The smallest absolute Gasteiger partial charge is 0.328 e. The zero-order chi connectivity index (χ0) is 17.6. The Balaban J connectivity index is 1.60. The number of ether oxygens (including phenoxy) is 1. The molecule has 0 spiro atoms. The highest BCUT2D eigenvalue weighted by Crippen LogP contribution is 2.30. The number of nitrogens with zero attached hydrogens (tertiary/aromatic N) is 4. The number of amides is 3. The molecule has 130 valence electrons. The van der Waals surface area contributed by atoms with E-state index in [9.17, 15) is 14.0 Å². The third kappa shape index (κ3) is 2.56. The Morgan fingerprint density at radius 1 is 1.36 bits per heavy atom. The molecule has 8 nitrogen and oxygen atoms in total. The minimum atomic E-state index is -0.722. The lowest BCUT2D eigenvalue weighted by molar-refractivity contribution is -0.132. The summed E-state index contributed by atoms with van der Waals surface area (Å²) in [5, 5.41) is 3.82. The quantitative estimate of drug-likeness (QED) is 0.785. The van der Waals surface area contributed by atoms with Crippen LogP contribution in [0, 0.1) is 5.82 Å². The zero-order valence-corrected chi connectivity index (χ0v) is 13.4. The standard InChI is InChI=1S/C16H15FN4O4/c1-9(21-15(22)12-8-24-6-5-20(12)16(21)23)14-18-13(19-25-14)10-3-2-4-11(17)7-10/h2-4,7,9,12H,5-6,8H2,1H3. The van der Waals surface area contributed by atoms with Crippen LogP contribution in [0.2, 0.25) is 0 Å². The van der Waals surface area contributed by atoms with Crippen LogP contribution in [0.3, 0.4) is 0 Å². The van der Waals surface area contributed by atoms with Crippen molar-refractivity contribution < 1.29 is 23.2 Å². The van der Waals surface area contributed by atoms with E-state index in [0.29, 0.717) is 18.7 Å². The monoisotopic (exact) mass is 346 g/mol. The van der Waals surface area contributed by atoms with Crippen LogP contribution < -0.4 is 0 Å². The van der Waals surface area contributed by atoms with E-state index in [1.54, 1.807) is 13.0 Å². The summed E-state index contributed by atoms with van der Waals surface area (Å²) in [5.74, 6) is -0.454. The third-order valence-electron chi connectivity index (χ3n) is 4.37. The molecule has 2 aliphatic rings. The van der Waals surface area contributed by atoms with Gasteiger partial charge in [0.05, 0.1) is 13.2 Å². The Bertz CT molecular complexity index is 815. The Morgan fingerprint density at radius 2 is 2.20 bits per heavy atom. The summed E-state index contributed by atoms with van der Waals surface area (Å²) in [5.41, 5.74) is 0.451. The average molecular weight is 346 g/mol. The first-order valence-corrected chi connectivity index (χ1v) is 7.87. The van der Waals surface area contributed by atoms with Gasteiger partial charge < -0.3 is 14.2 Å². The Kier molecular flexibility index (Phi) is 3.72. The van der Waals surface area contributed by atoms with Gasteiger partial charge in [-0.3, -0.25) is 4.79 Å². The number of rotatable bonds is 3. The molecule has 3 heterocycles. The molecule has 0 radical (unpaired) electrons. The van der Waals surface area contributed by atoms with Crippen molar-refractivity contribution in [3.8, 4) is 11.4 Å². The van der Waals surface area contributed by atoms with E-state index in [0.717, 1.165) is 4.90 Å². The van der Waals surface area contributed by atoms with Crippen molar-refractivity contribution in [2.24, 2.45) is 0 Å². The number of hydrogen-bond acceptors (Lipinski definition) is 6. The van der Waals surface area contributed by atoms with E-state index in [-0.39, 0.29) is 24.2 Å². The van der Waals surface area contributed by atoms with E-state index >= 15 is 0 Å². The van der Waals surface area contributed by atoms with Crippen LogP contribution in [0.1, 0.15) is 18.9 Å². The van der Waals surface area contributed by atoms with E-state index in [2.05, 4.69) is 10.1 Å². The molecular weight excluding hydrogens is 331 g/mol. The molecule has 2 aromatic rings. The van der Waals surface area contributed by atoms with Crippen molar-refractivity contribution in [1.82, 2.24) is 19.9 Å². The first-order valence-electron chi connectivity index (χ1n) is 7.87. The second kappa shape index (κ2) is 5.92. The Morgan fingerprint density at radius 3 is 2.96 bits per heavy atom. The van der Waals surface area contributed by atoms with Gasteiger partial charge in [0.25, 0.3) is 5.91 Å². The lowest BCUT2D eigenvalue weighted by Crippen LogP contribution is -2.45. The Hall–Kier alpha value is -2.81. The van der Waals surface area contributed by atoms with Gasteiger partial charge in [0.1, 0.15) is 17.9 Å². The van der Waals surface area contributed by atoms with Gasteiger partial charge in [-0.05, 0) is 19.1 Å². The second-order valence-electron chi connectivity index (χ2n) is 5.92. The summed E-state index contributed by atoms with van der Waals surface area (Å²) in [6.45, 7) is 2.60. The minimum Gasteiger partial charge on any atom is -0.377 e. The minimum absolute atomic E-state index is 0.113. The van der Waals surface area contributed by atoms with Crippen molar-refractivity contribution >= 4 is 11.9 Å². The van der Waals surface area contributed by atoms with E-state index in [1.165, 1.54) is 23.1 Å². The van der Waals surface area contributed by atoms with Gasteiger partial charge in [-0.1, -0.05) is 17.3 Å². The molecule has 0 bridgehead atoms. The summed E-state index contributed by atoms with van der Waals surface area (Å²) in [7, 11) is 0. The average Bonchev–Trinajstić information content (AvgIpc) is 3.20. The second-order valence-corrected chi connectivity index (χ2v) is 5.92. The highest BCUT2D eigenvalue weighted by atomic mass is 19.1. The van der Waals surface area contributed by atoms with Crippen LogP contribution >= 0.6 is 0 Å². The lowest BCUT2D eigenvalue weighted by Gasteiger charge is -2.26. The van der Waals surface area contributed by atoms with Gasteiger partial charge in [0.15, 0.2) is 0 Å². The number of aromatic nitrogens is 2. The summed E-state index contributed by atoms with van der Waals surface area (Å²) in [6, 6.07) is 4.06. The molecular formula is C16H15FN4O4. The van der Waals surface area contributed by atoms with Crippen LogP contribution in [-0.4, -0.2) is 57.7 Å². The molecule has 2 saturated heterocycles. The normalized spacial score (nSPS) is 21.6. The maximum atomic E-state index is 13.3. The van der Waals surface area contributed by atoms with Crippen LogP contribution in [0.25, 0.3) is 11.4 Å². The fourth-order valence-electron chi connectivity index (χ4n) is 3.05. The summed E-state index contributed by atoms with van der Waals surface area (Å²) in [4.78, 5) is 31.9. The van der Waals surface area contributed by atoms with E-state index in [4.69, 9.17) is 9.26 Å². The van der Waals surface area contributed by atoms with Crippen molar-refractivity contribution in [3.05, 3.63) is 36.0 Å². The predicted octanol–water partition coefficient (Wildman–Crippen LogP) is 1.60. The fourth-order valence-corrected chi connectivity index (χ4v) is 3.05. The number of carbonyl (C=O) groups is 2. The first-order chi connectivity index (χ1) is 12.1. The molecule has 0 N–H and O–H groups in total. The van der Waals surface area contributed by atoms with Crippen LogP contribution in [0.4, 0.5) is 9.18 Å². The largest absolute Gasteiger partial charge is 0.377 e.